The van der Waals surface area contributed by atoms with Crippen molar-refractivity contribution >= 4 is 57.4 Å². The summed E-state index contributed by atoms with van der Waals surface area (Å²) in [7, 11) is 0. The van der Waals surface area contributed by atoms with Crippen molar-refractivity contribution < 1.29 is 0 Å². The molecule has 2 aliphatic rings. The lowest BCUT2D eigenvalue weighted by atomic mass is 9.93. The summed E-state index contributed by atoms with van der Waals surface area (Å²) in [5, 5.41) is 2.37. The predicted octanol–water partition coefficient (Wildman–Crippen LogP) is 11.8. The summed E-state index contributed by atoms with van der Waals surface area (Å²) in [6.45, 7) is 0. The molecule has 0 amide bonds. The molecule has 0 spiro atoms. The largest absolute Gasteiger partial charge is 0.310 e. The van der Waals surface area contributed by atoms with Crippen LogP contribution in [0.2, 0.25) is 0 Å². The first-order valence-corrected chi connectivity index (χ1v) is 17.2. The van der Waals surface area contributed by atoms with Gasteiger partial charge < -0.3 is 4.57 Å². The molecule has 0 atom stereocenters. The number of anilines is 3. The Morgan fingerprint density at radius 3 is 2.22 bits per heavy atom. The summed E-state index contributed by atoms with van der Waals surface area (Å²) in [6, 6.07) is 51.5. The van der Waals surface area contributed by atoms with Crippen LogP contribution in [0.15, 0.2) is 152 Å². The van der Waals surface area contributed by atoms with E-state index in [-0.39, 0.29) is 0 Å². The maximum Gasteiger partial charge on any atom is 0.235 e. The molecular weight excluding hydrogens is 609 g/mol. The van der Waals surface area contributed by atoms with Crippen LogP contribution in [0.5, 0.6) is 0 Å². The van der Waals surface area contributed by atoms with Crippen molar-refractivity contribution in [1.29, 1.82) is 0 Å². The number of benzene rings is 6. The molecule has 3 heterocycles. The van der Waals surface area contributed by atoms with Gasteiger partial charge in [-0.25, -0.2) is 9.97 Å². The Balaban J connectivity index is 1.18. The molecule has 4 nitrogen and oxygen atoms in total. The minimum atomic E-state index is 0.649. The molecule has 0 unspecified atom stereocenters. The Hall–Kier alpha value is -6.52. The van der Waals surface area contributed by atoms with E-state index < -0.39 is 0 Å². The van der Waals surface area contributed by atoms with Crippen LogP contribution in [-0.4, -0.2) is 14.5 Å². The van der Waals surface area contributed by atoms with E-state index in [1.807, 2.05) is 12.1 Å². The number of aryl methyl sites for hydroxylation is 1. The molecule has 0 radical (unpaired) electrons. The van der Waals surface area contributed by atoms with E-state index in [0.29, 0.717) is 5.95 Å². The lowest BCUT2D eigenvalue weighted by Crippen LogP contribution is -2.15. The summed E-state index contributed by atoms with van der Waals surface area (Å²) in [6.07, 6.45) is 11.1. The molecule has 1 aliphatic carbocycles. The summed E-state index contributed by atoms with van der Waals surface area (Å²) >= 11 is 0. The highest BCUT2D eigenvalue weighted by Crippen LogP contribution is 2.45. The fourth-order valence-corrected chi connectivity index (χ4v) is 7.78. The zero-order valence-corrected chi connectivity index (χ0v) is 27.4. The van der Waals surface area contributed by atoms with Gasteiger partial charge in [-0.1, -0.05) is 121 Å². The van der Waals surface area contributed by atoms with Crippen molar-refractivity contribution in [3.05, 3.63) is 174 Å². The number of para-hydroxylation sites is 3. The van der Waals surface area contributed by atoms with Crippen molar-refractivity contribution in [2.75, 3.05) is 4.90 Å². The molecule has 236 valence electrons. The molecule has 0 N–H and O–H groups in total. The fourth-order valence-electron chi connectivity index (χ4n) is 7.78. The Kier molecular flexibility index (Phi) is 6.59. The third kappa shape index (κ3) is 4.53. The van der Waals surface area contributed by atoms with Crippen molar-refractivity contribution in [2.45, 2.75) is 12.8 Å². The summed E-state index contributed by atoms with van der Waals surface area (Å²) in [5.74, 6) is 0.649. The van der Waals surface area contributed by atoms with Crippen LogP contribution in [0.3, 0.4) is 0 Å². The molecule has 10 rings (SSSR count). The van der Waals surface area contributed by atoms with E-state index >= 15 is 0 Å². The summed E-state index contributed by atoms with van der Waals surface area (Å²) < 4.78 is 2.42. The summed E-state index contributed by atoms with van der Waals surface area (Å²) in [4.78, 5) is 12.7. The highest BCUT2D eigenvalue weighted by molar-refractivity contribution is 6.03. The highest BCUT2D eigenvalue weighted by atomic mass is 15.3. The second-order valence-electron chi connectivity index (χ2n) is 12.9. The van der Waals surface area contributed by atoms with Crippen LogP contribution in [-0.2, 0) is 6.42 Å². The number of fused-ring (bicyclic) bond motifs is 6. The SMILES string of the molecule is C1=Cc2c(c3c(-c4ccc5c(c4)C=Cc4ccccc4N5c4nc(-c5ccccc5)c5ccccc5n4)cccc3n2-c2ccccc2)CC1. The smallest absolute Gasteiger partial charge is 0.235 e. The van der Waals surface area contributed by atoms with Gasteiger partial charge in [0.15, 0.2) is 0 Å². The number of aromatic nitrogens is 3. The molecule has 50 heavy (non-hydrogen) atoms. The highest BCUT2D eigenvalue weighted by Gasteiger charge is 2.26. The van der Waals surface area contributed by atoms with Crippen molar-refractivity contribution in [3.63, 3.8) is 0 Å². The van der Waals surface area contributed by atoms with E-state index in [9.17, 15) is 0 Å². The van der Waals surface area contributed by atoms with Crippen LogP contribution in [0.1, 0.15) is 28.8 Å². The predicted molar refractivity (Wildman–Crippen MR) is 208 cm³/mol. The molecular formula is C46H32N4. The van der Waals surface area contributed by atoms with E-state index in [4.69, 9.17) is 9.97 Å². The first kappa shape index (κ1) is 28.5. The van der Waals surface area contributed by atoms with Crippen molar-refractivity contribution in [2.24, 2.45) is 0 Å². The minimum Gasteiger partial charge on any atom is -0.310 e. The van der Waals surface area contributed by atoms with E-state index in [1.165, 1.54) is 39.0 Å². The van der Waals surface area contributed by atoms with Crippen LogP contribution < -0.4 is 4.90 Å². The van der Waals surface area contributed by atoms with Gasteiger partial charge in [-0.15, -0.1) is 0 Å². The number of allylic oxidation sites excluding steroid dienone is 1. The lowest BCUT2D eigenvalue weighted by Gasteiger charge is -2.26. The van der Waals surface area contributed by atoms with Crippen molar-refractivity contribution in [1.82, 2.24) is 14.5 Å². The number of hydrogen-bond donors (Lipinski definition) is 0. The average molecular weight is 641 g/mol. The van der Waals surface area contributed by atoms with Gasteiger partial charge >= 0.3 is 0 Å². The average Bonchev–Trinajstić information content (AvgIpc) is 3.43. The zero-order valence-electron chi connectivity index (χ0n) is 27.4. The van der Waals surface area contributed by atoms with Gasteiger partial charge in [-0.3, -0.25) is 4.90 Å². The first-order valence-electron chi connectivity index (χ1n) is 17.2. The van der Waals surface area contributed by atoms with Gasteiger partial charge in [0.05, 0.1) is 28.1 Å². The molecule has 8 aromatic rings. The monoisotopic (exact) mass is 640 g/mol. The molecule has 6 aromatic carbocycles. The van der Waals surface area contributed by atoms with Gasteiger partial charge in [0, 0.05) is 27.7 Å². The molecule has 4 heteroatoms. The second kappa shape index (κ2) is 11.6. The van der Waals surface area contributed by atoms with Gasteiger partial charge in [0.1, 0.15) is 0 Å². The van der Waals surface area contributed by atoms with Gasteiger partial charge in [-0.05, 0) is 89.2 Å². The second-order valence-corrected chi connectivity index (χ2v) is 12.9. The Morgan fingerprint density at radius 2 is 1.32 bits per heavy atom. The minimum absolute atomic E-state index is 0.649. The van der Waals surface area contributed by atoms with E-state index in [2.05, 4.69) is 167 Å². The fraction of sp³-hybridized carbons (Fsp3) is 0.0435. The molecule has 0 saturated heterocycles. The number of hydrogen-bond acceptors (Lipinski definition) is 3. The maximum absolute atomic E-state index is 5.31. The van der Waals surface area contributed by atoms with Gasteiger partial charge in [0.2, 0.25) is 5.95 Å². The third-order valence-corrected chi connectivity index (χ3v) is 10.0. The quantitative estimate of drug-likeness (QED) is 0.192. The van der Waals surface area contributed by atoms with Crippen molar-refractivity contribution in [3.8, 4) is 28.1 Å². The zero-order chi connectivity index (χ0) is 33.0. The Morgan fingerprint density at radius 1 is 0.560 bits per heavy atom. The lowest BCUT2D eigenvalue weighted by molar-refractivity contribution is 0.968. The van der Waals surface area contributed by atoms with Crippen LogP contribution >= 0.6 is 0 Å². The van der Waals surface area contributed by atoms with Crippen LogP contribution in [0.4, 0.5) is 17.3 Å². The van der Waals surface area contributed by atoms with Gasteiger partial charge in [-0.2, -0.15) is 0 Å². The molecule has 2 aromatic heterocycles. The van der Waals surface area contributed by atoms with E-state index in [1.54, 1.807) is 0 Å². The number of nitrogens with zero attached hydrogens (tertiary/aromatic N) is 4. The molecule has 0 saturated carbocycles. The first-order chi connectivity index (χ1) is 24.8. The maximum atomic E-state index is 5.31. The number of rotatable bonds is 4. The summed E-state index contributed by atoms with van der Waals surface area (Å²) in [5.41, 5.74) is 14.8. The topological polar surface area (TPSA) is 34.0 Å². The molecule has 0 bridgehead atoms. The Bertz CT molecular complexity index is 2650. The third-order valence-electron chi connectivity index (χ3n) is 10.0. The van der Waals surface area contributed by atoms with Crippen LogP contribution in [0.25, 0.3) is 68.1 Å². The molecule has 0 fully saturated rings. The Labute approximate surface area is 290 Å². The standard InChI is InChI=1S/C46H32N4/c1-3-15-32(16-4-1)45-37-19-8-10-22-39(37)47-46(48-45)50-40-23-11-7-14-31(40)26-27-34-30-33(28-29-41(34)50)36-21-13-25-43-44(36)38-20-9-12-24-42(38)49(43)35-17-5-2-6-18-35/h1-8,10-19,21-30H,9,20H2. The molecule has 1 aliphatic heterocycles. The van der Waals surface area contributed by atoms with Crippen LogP contribution in [0, 0.1) is 0 Å². The normalized spacial score (nSPS) is 13.2. The van der Waals surface area contributed by atoms with E-state index in [0.717, 1.165) is 57.5 Å². The van der Waals surface area contributed by atoms with Gasteiger partial charge in [0.25, 0.3) is 0 Å².